The normalized spacial score (nSPS) is 12.3. The molecule has 0 spiro atoms. The number of benzene rings is 2. The molecule has 0 aliphatic heterocycles. The van der Waals surface area contributed by atoms with Gasteiger partial charge < -0.3 is 80.3 Å². The van der Waals surface area contributed by atoms with Gasteiger partial charge in [0, 0.05) is 108 Å². The molecule has 31 nitrogen and oxygen atoms in total. The molecule has 3 aromatic heterocycles. The standard InChI is InChI=1S/C58H78N20O11/c1-4-5-19-49(82)70-46(29-40-31-62-35-69-40)54(87)72-44(27-38-14-7-6-8-15-38)53(86)71-43(18-11-23-66-57(60)61)52(85)73-45(28-39-30-67-42-17-10-9-16-41(39)42)55(88)74-48-33-78(77-76-48)34-51(84)68-32-50(83)75-58(21-12-24-63-36(2)79,22-13-25-64-37(3)80)56(89)65-26-20-47(59)81/h1,6-10,14-17,30-31,33,35,43-46,67H,5,11-13,18-29,32,34H2,2-3H3,(H2,59,81)(H,62,69)(H,63,79)(H,64,80)(H,65,89)(H,68,84)(H,70,82)(H,71,86)(H,72,87)(H,73,85)(H,74,88)(H,75,83)(H4,60,61,66)/t43-,44+,45-,46-/m0/s1. The van der Waals surface area contributed by atoms with E-state index in [4.69, 9.17) is 23.6 Å². The Labute approximate surface area is 512 Å². The highest BCUT2D eigenvalue weighted by atomic mass is 16.2. The van der Waals surface area contributed by atoms with E-state index in [1.807, 2.05) is 18.2 Å². The van der Waals surface area contributed by atoms with Crippen LogP contribution >= 0.6 is 0 Å². The summed E-state index contributed by atoms with van der Waals surface area (Å²) < 4.78 is 1.07. The van der Waals surface area contributed by atoms with Crippen molar-refractivity contribution in [2.75, 3.05) is 38.0 Å². The molecule has 0 fully saturated rings. The molecule has 5 rings (SSSR count). The van der Waals surface area contributed by atoms with Crippen molar-refractivity contribution in [3.05, 3.63) is 96.3 Å². The summed E-state index contributed by atoms with van der Waals surface area (Å²) in [6.07, 6.45) is 11.4. The number of hydrogen-bond donors (Lipinski definition) is 15. The number of aliphatic imine (C=N–C) groups is 1. The van der Waals surface area contributed by atoms with Gasteiger partial charge in [-0.25, -0.2) is 9.67 Å². The molecule has 18 N–H and O–H groups in total. The smallest absolute Gasteiger partial charge is 0.248 e. The van der Waals surface area contributed by atoms with Gasteiger partial charge in [0.25, 0.3) is 0 Å². The Morgan fingerprint density at radius 2 is 1.33 bits per heavy atom. The van der Waals surface area contributed by atoms with Gasteiger partial charge in [-0.15, -0.1) is 17.4 Å². The highest BCUT2D eigenvalue weighted by Gasteiger charge is 2.39. The number of nitrogens with zero attached hydrogens (tertiary/aromatic N) is 5. The first-order valence-corrected chi connectivity index (χ1v) is 28.7. The second kappa shape index (κ2) is 35.7. The Balaban J connectivity index is 1.34. The minimum Gasteiger partial charge on any atom is -0.370 e. The first kappa shape index (κ1) is 69.1. The zero-order valence-electron chi connectivity index (χ0n) is 49.6. The van der Waals surface area contributed by atoms with Gasteiger partial charge in [0.2, 0.25) is 65.0 Å². The van der Waals surface area contributed by atoms with E-state index in [2.05, 4.69) is 89.3 Å². The third-order valence-electron chi connectivity index (χ3n) is 13.7. The van der Waals surface area contributed by atoms with E-state index in [-0.39, 0.29) is 127 Å². The second-order valence-corrected chi connectivity index (χ2v) is 20.8. The number of aromatic amines is 2. The molecule has 476 valence electrons. The Hall–Kier alpha value is -10.7. The number of para-hydroxylation sites is 1. The molecule has 0 unspecified atom stereocenters. The molecular weight excluding hydrogens is 1150 g/mol. The number of fused-ring (bicyclic) bond motifs is 1. The number of imidazole rings is 1. The number of primary amides is 1. The lowest BCUT2D eigenvalue weighted by Crippen LogP contribution is -2.61. The number of guanidine groups is 1. The highest BCUT2D eigenvalue weighted by molar-refractivity contribution is 6.00. The van der Waals surface area contributed by atoms with Crippen molar-refractivity contribution in [2.45, 2.75) is 127 Å². The first-order chi connectivity index (χ1) is 42.6. The lowest BCUT2D eigenvalue weighted by Gasteiger charge is -2.34. The number of amides is 11. The Morgan fingerprint density at radius 1 is 0.685 bits per heavy atom. The van der Waals surface area contributed by atoms with Crippen LogP contribution in [0.15, 0.2) is 84.5 Å². The predicted molar refractivity (Wildman–Crippen MR) is 325 cm³/mol. The minimum atomic E-state index is -1.62. The third kappa shape index (κ3) is 24.3. The second-order valence-electron chi connectivity index (χ2n) is 20.8. The molecule has 5 aromatic rings. The van der Waals surface area contributed by atoms with Gasteiger partial charge in [0.1, 0.15) is 36.3 Å². The van der Waals surface area contributed by atoms with Gasteiger partial charge in [0.15, 0.2) is 11.8 Å². The fraction of sp³-hybridized carbons (Fsp3) is 0.431. The van der Waals surface area contributed by atoms with E-state index >= 15 is 0 Å². The molecule has 0 saturated carbocycles. The number of anilines is 1. The van der Waals surface area contributed by atoms with Crippen LogP contribution in [0.1, 0.15) is 88.5 Å². The molecule has 0 aliphatic rings. The molecule has 0 saturated heterocycles. The number of hydrogen-bond acceptors (Lipinski definition) is 15. The van der Waals surface area contributed by atoms with Crippen LogP contribution in [0.3, 0.4) is 0 Å². The molecule has 11 amide bonds. The van der Waals surface area contributed by atoms with Crippen molar-refractivity contribution >= 4 is 87.7 Å². The summed E-state index contributed by atoms with van der Waals surface area (Å²) in [5.74, 6) is -5.08. The van der Waals surface area contributed by atoms with Crippen LogP contribution in [0.4, 0.5) is 5.82 Å². The maximum atomic E-state index is 14.7. The Kier molecular flexibility index (Phi) is 27.7. The number of terminal acetylenes is 1. The van der Waals surface area contributed by atoms with E-state index in [1.165, 1.54) is 32.6 Å². The summed E-state index contributed by atoms with van der Waals surface area (Å²) in [6.45, 7) is 1.72. The number of nitrogens with two attached hydrogens (primary N) is 3. The average molecular weight is 1230 g/mol. The van der Waals surface area contributed by atoms with Crippen LogP contribution in [0.5, 0.6) is 0 Å². The van der Waals surface area contributed by atoms with Crippen molar-refractivity contribution in [2.24, 2.45) is 22.2 Å². The molecular formula is C58H78N20O11. The van der Waals surface area contributed by atoms with Gasteiger partial charge in [-0.2, -0.15) is 0 Å². The largest absolute Gasteiger partial charge is 0.370 e. The maximum absolute atomic E-state index is 14.7. The van der Waals surface area contributed by atoms with E-state index < -0.39 is 96.0 Å². The Bertz CT molecular complexity index is 3280. The number of H-pyrrole nitrogens is 2. The summed E-state index contributed by atoms with van der Waals surface area (Å²) in [4.78, 5) is 160. The van der Waals surface area contributed by atoms with Crippen LogP contribution in [0.25, 0.3) is 10.9 Å². The first-order valence-electron chi connectivity index (χ1n) is 28.7. The molecule has 0 bridgehead atoms. The fourth-order valence-corrected chi connectivity index (χ4v) is 9.31. The number of rotatable bonds is 38. The Morgan fingerprint density at radius 3 is 1.97 bits per heavy atom. The number of nitrogens with one attached hydrogen (secondary N) is 12. The highest BCUT2D eigenvalue weighted by Crippen LogP contribution is 2.22. The van der Waals surface area contributed by atoms with Crippen molar-refractivity contribution < 1.29 is 52.7 Å². The lowest BCUT2D eigenvalue weighted by molar-refractivity contribution is -0.134. The van der Waals surface area contributed by atoms with E-state index in [9.17, 15) is 52.7 Å². The van der Waals surface area contributed by atoms with E-state index in [0.29, 0.717) is 16.8 Å². The predicted octanol–water partition coefficient (Wildman–Crippen LogP) is -2.65. The van der Waals surface area contributed by atoms with Crippen LogP contribution in [0.2, 0.25) is 0 Å². The zero-order chi connectivity index (χ0) is 64.7. The van der Waals surface area contributed by atoms with Crippen molar-refractivity contribution in [1.82, 2.24) is 77.8 Å². The SMILES string of the molecule is C#CCCC(=O)N[C@@H](Cc1cnc[nH]1)C(=O)N[C@H](Cc1ccccc1)C(=O)N[C@@H](CCCN=C(N)N)C(=O)N[C@@H](Cc1c[nH]c2ccccc12)C(=O)Nc1cn(CC(=O)NCC(=O)NC(CCCNC(C)=O)(CCCNC(C)=O)C(=O)NCCC(N)=O)nn1. The summed E-state index contributed by atoms with van der Waals surface area (Å²) in [5, 5.41) is 35.5. The van der Waals surface area contributed by atoms with E-state index in [1.54, 1.807) is 42.6 Å². The molecule has 3 heterocycles. The lowest BCUT2D eigenvalue weighted by atomic mass is 9.86. The summed E-state index contributed by atoms with van der Waals surface area (Å²) in [5.41, 5.74) is 17.4. The average Bonchev–Trinajstić information content (AvgIpc) is 2.83. The minimum absolute atomic E-state index is 0.0120. The topological polar surface area (TPSA) is 474 Å². The monoisotopic (exact) mass is 1230 g/mol. The fourth-order valence-electron chi connectivity index (χ4n) is 9.31. The van der Waals surface area contributed by atoms with Gasteiger partial charge in [-0.05, 0) is 55.7 Å². The molecule has 0 radical (unpaired) electrons. The summed E-state index contributed by atoms with van der Waals surface area (Å²) >= 11 is 0. The summed E-state index contributed by atoms with van der Waals surface area (Å²) in [7, 11) is 0. The third-order valence-corrected chi connectivity index (χ3v) is 13.7. The van der Waals surface area contributed by atoms with Gasteiger partial charge in [0.05, 0.1) is 19.1 Å². The van der Waals surface area contributed by atoms with Crippen LogP contribution in [-0.2, 0) is 78.5 Å². The van der Waals surface area contributed by atoms with Gasteiger partial charge in [-0.1, -0.05) is 53.7 Å². The van der Waals surface area contributed by atoms with Crippen LogP contribution < -0.4 is 70.4 Å². The maximum Gasteiger partial charge on any atom is 0.248 e. The van der Waals surface area contributed by atoms with Crippen LogP contribution in [0, 0.1) is 12.3 Å². The number of carbonyl (C=O) groups excluding carboxylic acids is 11. The number of carbonyl (C=O) groups is 11. The van der Waals surface area contributed by atoms with Crippen molar-refractivity contribution in [1.29, 1.82) is 0 Å². The summed E-state index contributed by atoms with van der Waals surface area (Å²) in [6, 6.07) is 10.8. The van der Waals surface area contributed by atoms with Crippen molar-refractivity contribution in [3.8, 4) is 12.3 Å². The quantitative estimate of drug-likeness (QED) is 0.00831. The van der Waals surface area contributed by atoms with Gasteiger partial charge >= 0.3 is 0 Å². The van der Waals surface area contributed by atoms with E-state index in [0.717, 1.165) is 15.6 Å². The zero-order valence-corrected chi connectivity index (χ0v) is 49.6. The number of aromatic nitrogens is 6. The van der Waals surface area contributed by atoms with Crippen molar-refractivity contribution in [3.63, 3.8) is 0 Å². The molecule has 0 aliphatic carbocycles. The molecule has 4 atom stereocenters. The van der Waals surface area contributed by atoms with Crippen LogP contribution in [-0.4, -0.2) is 163 Å². The molecule has 31 heteroatoms. The molecule has 2 aromatic carbocycles. The molecule has 89 heavy (non-hydrogen) atoms. The van der Waals surface area contributed by atoms with Gasteiger partial charge in [-0.3, -0.25) is 57.7 Å².